The maximum absolute atomic E-state index is 11.7. The highest BCUT2D eigenvalue weighted by molar-refractivity contribution is 5.93. The van der Waals surface area contributed by atoms with E-state index >= 15 is 0 Å². The largest absolute Gasteiger partial charge is 0.358 e. The number of carbonyl (C=O) groups is 2. The lowest BCUT2D eigenvalue weighted by Gasteiger charge is -2.12. The zero-order chi connectivity index (χ0) is 13.5. The Morgan fingerprint density at radius 2 is 1.94 bits per heavy atom. The minimum absolute atomic E-state index is 0.100. The number of amides is 2. The molecule has 0 aliphatic rings. The highest BCUT2D eigenvalue weighted by Crippen LogP contribution is 2.12. The third-order valence-electron chi connectivity index (χ3n) is 2.63. The molecule has 0 aromatic heterocycles. The van der Waals surface area contributed by atoms with Gasteiger partial charge in [-0.1, -0.05) is 18.2 Å². The van der Waals surface area contributed by atoms with Crippen molar-refractivity contribution in [1.82, 2.24) is 10.6 Å². The van der Waals surface area contributed by atoms with Gasteiger partial charge in [-0.25, -0.2) is 0 Å². The predicted octanol–water partition coefficient (Wildman–Crippen LogP) is 0.658. The van der Waals surface area contributed by atoms with E-state index in [1.165, 1.54) is 0 Å². The van der Waals surface area contributed by atoms with Gasteiger partial charge in [0.15, 0.2) is 0 Å². The van der Waals surface area contributed by atoms with Crippen molar-refractivity contribution in [1.29, 1.82) is 0 Å². The number of nitrogens with one attached hydrogen (secondary N) is 3. The molecule has 2 amide bonds. The summed E-state index contributed by atoms with van der Waals surface area (Å²) < 4.78 is 0. The van der Waals surface area contributed by atoms with E-state index < -0.39 is 6.04 Å². The maximum Gasteiger partial charge on any atom is 0.238 e. The number of rotatable bonds is 5. The third-order valence-corrected chi connectivity index (χ3v) is 2.63. The fraction of sp³-hybridized carbons (Fsp3) is 0.385. The van der Waals surface area contributed by atoms with Gasteiger partial charge in [-0.2, -0.15) is 0 Å². The van der Waals surface area contributed by atoms with Crippen LogP contribution < -0.4 is 16.0 Å². The van der Waals surface area contributed by atoms with Crippen molar-refractivity contribution in [2.45, 2.75) is 19.9 Å². The highest BCUT2D eigenvalue weighted by atomic mass is 16.2. The summed E-state index contributed by atoms with van der Waals surface area (Å²) in [5.41, 5.74) is 1.79. The summed E-state index contributed by atoms with van der Waals surface area (Å²) in [6.45, 7) is 3.74. The van der Waals surface area contributed by atoms with Crippen LogP contribution in [0.1, 0.15) is 12.5 Å². The first kappa shape index (κ1) is 14.2. The molecule has 0 saturated heterocycles. The standard InChI is InChI=1S/C13H19N3O2/c1-9-6-4-5-7-11(9)16-12(17)8-15-10(2)13(18)14-3/h4-7,10,15H,8H2,1-3H3,(H,14,18)(H,16,17). The summed E-state index contributed by atoms with van der Waals surface area (Å²) in [5, 5.41) is 8.15. The van der Waals surface area contributed by atoms with Crippen LogP contribution in [0.4, 0.5) is 5.69 Å². The molecular formula is C13H19N3O2. The highest BCUT2D eigenvalue weighted by Gasteiger charge is 2.12. The van der Waals surface area contributed by atoms with Gasteiger partial charge >= 0.3 is 0 Å². The molecule has 1 rings (SSSR count). The lowest BCUT2D eigenvalue weighted by Crippen LogP contribution is -2.43. The minimum Gasteiger partial charge on any atom is -0.358 e. The van der Waals surface area contributed by atoms with Gasteiger partial charge in [-0.15, -0.1) is 0 Å². The van der Waals surface area contributed by atoms with Gasteiger partial charge in [0.25, 0.3) is 0 Å². The van der Waals surface area contributed by atoms with Gasteiger partial charge in [0.2, 0.25) is 11.8 Å². The molecule has 1 unspecified atom stereocenters. The molecule has 18 heavy (non-hydrogen) atoms. The predicted molar refractivity (Wildman–Crippen MR) is 71.3 cm³/mol. The second-order valence-electron chi connectivity index (χ2n) is 4.08. The molecule has 0 aliphatic carbocycles. The maximum atomic E-state index is 11.7. The summed E-state index contributed by atoms with van der Waals surface area (Å²) >= 11 is 0. The van der Waals surface area contributed by atoms with Crippen LogP contribution in [0.2, 0.25) is 0 Å². The first-order chi connectivity index (χ1) is 8.54. The van der Waals surface area contributed by atoms with Crippen LogP contribution in [0.25, 0.3) is 0 Å². The fourth-order valence-corrected chi connectivity index (χ4v) is 1.46. The first-order valence-corrected chi connectivity index (χ1v) is 5.85. The Labute approximate surface area is 107 Å². The van der Waals surface area contributed by atoms with Crippen molar-refractivity contribution < 1.29 is 9.59 Å². The van der Waals surface area contributed by atoms with E-state index in [1.54, 1.807) is 14.0 Å². The van der Waals surface area contributed by atoms with Crippen LogP contribution in [-0.2, 0) is 9.59 Å². The second-order valence-corrected chi connectivity index (χ2v) is 4.08. The molecule has 5 nitrogen and oxygen atoms in total. The lowest BCUT2D eigenvalue weighted by molar-refractivity contribution is -0.122. The quantitative estimate of drug-likeness (QED) is 0.718. The molecule has 3 N–H and O–H groups in total. The summed E-state index contributed by atoms with van der Waals surface area (Å²) in [5.74, 6) is -0.307. The number of benzene rings is 1. The van der Waals surface area contributed by atoms with Crippen LogP contribution in [0.3, 0.4) is 0 Å². The molecule has 0 saturated carbocycles. The first-order valence-electron chi connectivity index (χ1n) is 5.85. The lowest BCUT2D eigenvalue weighted by atomic mass is 10.2. The van der Waals surface area contributed by atoms with Crippen LogP contribution >= 0.6 is 0 Å². The van der Waals surface area contributed by atoms with Gasteiger partial charge in [0, 0.05) is 12.7 Å². The summed E-state index contributed by atoms with van der Waals surface area (Å²) in [6, 6.07) is 7.16. The molecule has 98 valence electrons. The molecule has 0 heterocycles. The smallest absolute Gasteiger partial charge is 0.238 e. The number of aryl methyl sites for hydroxylation is 1. The average Bonchev–Trinajstić information content (AvgIpc) is 2.37. The van der Waals surface area contributed by atoms with Crippen molar-refractivity contribution in [3.63, 3.8) is 0 Å². The molecule has 0 spiro atoms. The van der Waals surface area contributed by atoms with Gasteiger partial charge in [0.05, 0.1) is 12.6 Å². The van der Waals surface area contributed by atoms with E-state index in [-0.39, 0.29) is 18.4 Å². The second kappa shape index (κ2) is 6.76. The van der Waals surface area contributed by atoms with Crippen molar-refractivity contribution in [2.24, 2.45) is 0 Å². The van der Waals surface area contributed by atoms with Gasteiger partial charge in [0.1, 0.15) is 0 Å². The summed E-state index contributed by atoms with van der Waals surface area (Å²) in [4.78, 5) is 22.9. The molecule has 1 aromatic rings. The van der Waals surface area contributed by atoms with E-state index in [0.717, 1.165) is 11.3 Å². The zero-order valence-electron chi connectivity index (χ0n) is 10.9. The number of hydrogen-bond acceptors (Lipinski definition) is 3. The Morgan fingerprint density at radius 3 is 2.56 bits per heavy atom. The SMILES string of the molecule is CNC(=O)C(C)NCC(=O)Nc1ccccc1C. The average molecular weight is 249 g/mol. The van der Waals surface area contributed by atoms with Crippen molar-refractivity contribution in [2.75, 3.05) is 18.9 Å². The third kappa shape index (κ3) is 4.18. The molecule has 0 fully saturated rings. The van der Waals surface area contributed by atoms with E-state index in [1.807, 2.05) is 31.2 Å². The summed E-state index contributed by atoms with van der Waals surface area (Å²) in [7, 11) is 1.56. The number of para-hydroxylation sites is 1. The van der Waals surface area contributed by atoms with Crippen molar-refractivity contribution in [3.05, 3.63) is 29.8 Å². The van der Waals surface area contributed by atoms with Crippen LogP contribution in [-0.4, -0.2) is 31.4 Å². The Morgan fingerprint density at radius 1 is 1.28 bits per heavy atom. The molecule has 0 aliphatic heterocycles. The Bertz CT molecular complexity index is 432. The number of anilines is 1. The molecule has 0 radical (unpaired) electrons. The van der Waals surface area contributed by atoms with Crippen molar-refractivity contribution >= 4 is 17.5 Å². The van der Waals surface area contributed by atoms with E-state index in [0.29, 0.717) is 0 Å². The normalized spacial score (nSPS) is 11.7. The molecule has 1 atom stereocenters. The van der Waals surface area contributed by atoms with Crippen LogP contribution in [0, 0.1) is 6.92 Å². The molecule has 0 bridgehead atoms. The van der Waals surface area contributed by atoms with Gasteiger partial charge in [-0.3, -0.25) is 14.9 Å². The Balaban J connectivity index is 2.43. The van der Waals surface area contributed by atoms with E-state index in [4.69, 9.17) is 0 Å². The van der Waals surface area contributed by atoms with Crippen molar-refractivity contribution in [3.8, 4) is 0 Å². The molecular weight excluding hydrogens is 230 g/mol. The zero-order valence-corrected chi connectivity index (χ0v) is 10.9. The Hall–Kier alpha value is -1.88. The van der Waals surface area contributed by atoms with Crippen LogP contribution in [0.5, 0.6) is 0 Å². The summed E-state index contributed by atoms with van der Waals surface area (Å²) in [6.07, 6.45) is 0. The van der Waals surface area contributed by atoms with E-state index in [9.17, 15) is 9.59 Å². The minimum atomic E-state index is -0.391. The Kier molecular flexibility index (Phi) is 5.32. The number of likely N-dealkylation sites (N-methyl/N-ethyl adjacent to an activating group) is 1. The van der Waals surface area contributed by atoms with Crippen LogP contribution in [0.15, 0.2) is 24.3 Å². The topological polar surface area (TPSA) is 70.2 Å². The molecule has 5 heteroatoms. The monoisotopic (exact) mass is 249 g/mol. The number of carbonyl (C=O) groups excluding carboxylic acids is 2. The van der Waals surface area contributed by atoms with Gasteiger partial charge < -0.3 is 10.6 Å². The number of hydrogen-bond donors (Lipinski definition) is 3. The molecule has 1 aromatic carbocycles. The van der Waals surface area contributed by atoms with Gasteiger partial charge in [-0.05, 0) is 25.5 Å². The fourth-order valence-electron chi connectivity index (χ4n) is 1.46. The van der Waals surface area contributed by atoms with E-state index in [2.05, 4.69) is 16.0 Å².